The van der Waals surface area contributed by atoms with Crippen LogP contribution in [0.3, 0.4) is 0 Å². The van der Waals surface area contributed by atoms with Crippen molar-refractivity contribution in [3.05, 3.63) is 39.0 Å². The molecule has 0 unspecified atom stereocenters. The van der Waals surface area contributed by atoms with E-state index in [1.807, 2.05) is 32.9 Å². The second kappa shape index (κ2) is 3.66. The Morgan fingerprint density at radius 3 is 2.40 bits per heavy atom. The molecule has 0 bridgehead atoms. The summed E-state index contributed by atoms with van der Waals surface area (Å²) in [6.45, 7) is 5.91. The minimum Gasteiger partial charge on any atom is -0.251 e. The average Bonchev–Trinajstić information content (AvgIpc) is 2.17. The van der Waals surface area contributed by atoms with Gasteiger partial charge in [-0.2, -0.15) is 0 Å². The summed E-state index contributed by atoms with van der Waals surface area (Å²) in [6, 6.07) is 3.92. The van der Waals surface area contributed by atoms with E-state index in [0.717, 1.165) is 32.7 Å². The number of pyridine rings is 1. The molecule has 0 aliphatic heterocycles. The van der Waals surface area contributed by atoms with Crippen molar-refractivity contribution in [3.8, 4) is 0 Å². The highest BCUT2D eigenvalue weighted by Crippen LogP contribution is 2.32. The molecule has 0 fully saturated rings. The summed E-state index contributed by atoms with van der Waals surface area (Å²) in [5, 5.41) is 2.35. The molecule has 78 valence electrons. The maximum atomic E-state index is 6.28. The first-order valence-corrected chi connectivity index (χ1v) is 5.49. The number of nitrogens with zero attached hydrogens (tertiary/aromatic N) is 1. The van der Waals surface area contributed by atoms with Crippen molar-refractivity contribution in [2.24, 2.45) is 0 Å². The van der Waals surface area contributed by atoms with E-state index in [-0.39, 0.29) is 0 Å². The molecule has 3 heteroatoms. The fraction of sp³-hybridized carbons (Fsp3) is 0.250. The zero-order chi connectivity index (χ0) is 11.2. The number of hydrogen-bond acceptors (Lipinski definition) is 1. The van der Waals surface area contributed by atoms with E-state index in [4.69, 9.17) is 23.2 Å². The molecule has 0 aliphatic rings. The van der Waals surface area contributed by atoms with Crippen LogP contribution in [0.5, 0.6) is 0 Å². The van der Waals surface area contributed by atoms with Gasteiger partial charge in [-0.15, -0.1) is 0 Å². The fourth-order valence-electron chi connectivity index (χ4n) is 1.63. The van der Waals surface area contributed by atoms with E-state index >= 15 is 0 Å². The molecular weight excluding hydrogens is 229 g/mol. The third-order valence-electron chi connectivity index (χ3n) is 2.60. The number of aryl methyl sites for hydroxylation is 2. The summed E-state index contributed by atoms with van der Waals surface area (Å²) >= 11 is 12.4. The van der Waals surface area contributed by atoms with E-state index in [2.05, 4.69) is 4.98 Å². The highest BCUT2D eigenvalue weighted by atomic mass is 35.5. The van der Waals surface area contributed by atoms with Crippen molar-refractivity contribution < 1.29 is 0 Å². The zero-order valence-electron chi connectivity index (χ0n) is 8.86. The molecule has 1 heterocycles. The first kappa shape index (κ1) is 10.7. The predicted octanol–water partition coefficient (Wildman–Crippen LogP) is 4.47. The van der Waals surface area contributed by atoms with Crippen molar-refractivity contribution >= 4 is 34.1 Å². The lowest BCUT2D eigenvalue weighted by Crippen LogP contribution is -1.92. The fourth-order valence-corrected chi connectivity index (χ4v) is 2.22. The smallest absolute Gasteiger partial charge is 0.0906 e. The lowest BCUT2D eigenvalue weighted by atomic mass is 10.1. The van der Waals surface area contributed by atoms with Crippen LogP contribution in [0.1, 0.15) is 16.8 Å². The van der Waals surface area contributed by atoms with Crippen LogP contribution in [0.2, 0.25) is 10.0 Å². The molecule has 0 atom stereocenters. The van der Waals surface area contributed by atoms with E-state index in [1.165, 1.54) is 0 Å². The number of benzene rings is 1. The van der Waals surface area contributed by atoms with Gasteiger partial charge in [0.15, 0.2) is 0 Å². The average molecular weight is 240 g/mol. The maximum Gasteiger partial charge on any atom is 0.0906 e. The summed E-state index contributed by atoms with van der Waals surface area (Å²) in [4.78, 5) is 4.46. The number of aromatic nitrogens is 1. The normalized spacial score (nSPS) is 11.0. The number of rotatable bonds is 0. The lowest BCUT2D eigenvalue weighted by molar-refractivity contribution is 1.19. The second-order valence-electron chi connectivity index (χ2n) is 3.78. The molecule has 0 radical (unpaired) electrons. The van der Waals surface area contributed by atoms with Gasteiger partial charge >= 0.3 is 0 Å². The van der Waals surface area contributed by atoms with Gasteiger partial charge in [0.2, 0.25) is 0 Å². The van der Waals surface area contributed by atoms with Gasteiger partial charge < -0.3 is 0 Å². The van der Waals surface area contributed by atoms with Crippen LogP contribution >= 0.6 is 23.2 Å². The van der Waals surface area contributed by atoms with Gasteiger partial charge in [0, 0.05) is 11.1 Å². The second-order valence-corrected chi connectivity index (χ2v) is 4.56. The van der Waals surface area contributed by atoms with Gasteiger partial charge in [-0.25, -0.2) is 0 Å². The quantitative estimate of drug-likeness (QED) is 0.662. The summed E-state index contributed by atoms with van der Waals surface area (Å²) in [7, 11) is 0. The van der Waals surface area contributed by atoms with Crippen molar-refractivity contribution in [3.63, 3.8) is 0 Å². The molecular formula is C12H11Cl2N. The molecule has 0 aliphatic carbocycles. The summed E-state index contributed by atoms with van der Waals surface area (Å²) in [6.07, 6.45) is 0. The molecule has 0 spiro atoms. The van der Waals surface area contributed by atoms with Crippen molar-refractivity contribution in [1.82, 2.24) is 4.98 Å². The van der Waals surface area contributed by atoms with Crippen LogP contribution in [-0.2, 0) is 0 Å². The topological polar surface area (TPSA) is 12.9 Å². The Morgan fingerprint density at radius 1 is 1.07 bits per heavy atom. The Morgan fingerprint density at radius 2 is 1.73 bits per heavy atom. The van der Waals surface area contributed by atoms with Crippen LogP contribution in [0.25, 0.3) is 10.9 Å². The number of halogens is 2. The van der Waals surface area contributed by atoms with Crippen LogP contribution in [-0.4, -0.2) is 4.98 Å². The predicted molar refractivity (Wildman–Crippen MR) is 66.0 cm³/mol. The van der Waals surface area contributed by atoms with Crippen molar-refractivity contribution in [2.45, 2.75) is 20.8 Å². The van der Waals surface area contributed by atoms with Crippen LogP contribution in [0.15, 0.2) is 12.1 Å². The molecule has 0 saturated heterocycles. The molecule has 1 nitrogen and oxygen atoms in total. The molecule has 0 N–H and O–H groups in total. The van der Waals surface area contributed by atoms with Crippen LogP contribution in [0, 0.1) is 20.8 Å². The van der Waals surface area contributed by atoms with Crippen molar-refractivity contribution in [1.29, 1.82) is 0 Å². The minimum atomic E-state index is 0.662. The highest BCUT2D eigenvalue weighted by Gasteiger charge is 2.10. The third kappa shape index (κ3) is 1.70. The molecule has 2 aromatic rings. The third-order valence-corrected chi connectivity index (χ3v) is 3.37. The highest BCUT2D eigenvalue weighted by molar-refractivity contribution is 6.39. The van der Waals surface area contributed by atoms with Gasteiger partial charge in [0.1, 0.15) is 0 Å². The molecule has 2 rings (SSSR count). The van der Waals surface area contributed by atoms with E-state index in [0.29, 0.717) is 5.02 Å². The largest absolute Gasteiger partial charge is 0.251 e. The molecule has 1 aromatic heterocycles. The zero-order valence-corrected chi connectivity index (χ0v) is 10.4. The minimum absolute atomic E-state index is 0.662. The van der Waals surface area contributed by atoms with E-state index in [1.54, 1.807) is 0 Å². The summed E-state index contributed by atoms with van der Waals surface area (Å²) < 4.78 is 0. The summed E-state index contributed by atoms with van der Waals surface area (Å²) in [5.74, 6) is 0. The van der Waals surface area contributed by atoms with Crippen molar-refractivity contribution in [2.75, 3.05) is 0 Å². The van der Waals surface area contributed by atoms with Crippen LogP contribution < -0.4 is 0 Å². The lowest BCUT2D eigenvalue weighted by Gasteiger charge is -2.09. The number of fused-ring (bicyclic) bond motifs is 1. The van der Waals surface area contributed by atoms with Gasteiger partial charge in [0.25, 0.3) is 0 Å². The van der Waals surface area contributed by atoms with Gasteiger partial charge in [-0.05, 0) is 44.0 Å². The Labute approximate surface area is 99.0 Å². The van der Waals surface area contributed by atoms with Gasteiger partial charge in [-0.1, -0.05) is 23.2 Å². The Kier molecular flexibility index (Phi) is 2.61. The molecule has 0 saturated carbocycles. The first-order chi connectivity index (χ1) is 7.00. The van der Waals surface area contributed by atoms with Gasteiger partial charge in [-0.3, -0.25) is 4.98 Å². The molecule has 15 heavy (non-hydrogen) atoms. The Balaban J connectivity index is 2.98. The first-order valence-electron chi connectivity index (χ1n) is 4.73. The van der Waals surface area contributed by atoms with E-state index in [9.17, 15) is 0 Å². The van der Waals surface area contributed by atoms with Gasteiger partial charge in [0.05, 0.1) is 15.6 Å². The maximum absolute atomic E-state index is 6.28. The monoisotopic (exact) mass is 239 g/mol. The SMILES string of the molecule is Cc1cc(Cl)c2nc(C)c(C)c(Cl)c2c1. The van der Waals surface area contributed by atoms with E-state index < -0.39 is 0 Å². The number of hydrogen-bond donors (Lipinski definition) is 0. The molecule has 0 amide bonds. The Bertz CT molecular complexity index is 547. The standard InChI is InChI=1S/C12H11Cl2N/c1-6-4-9-11(14)7(2)8(3)15-12(9)10(13)5-6/h4-5H,1-3H3. The Hall–Kier alpha value is -0.790. The summed E-state index contributed by atoms with van der Waals surface area (Å²) in [5.41, 5.74) is 3.83. The molecule has 1 aromatic carbocycles. The van der Waals surface area contributed by atoms with Crippen LogP contribution in [0.4, 0.5) is 0 Å².